The average molecular weight is 283 g/mol. The second-order valence-electron chi connectivity index (χ2n) is 5.60. The Kier molecular flexibility index (Phi) is 3.36. The van der Waals surface area contributed by atoms with Crippen LogP contribution in [-0.2, 0) is 0 Å². The molecule has 2 rings (SSSR count). The van der Waals surface area contributed by atoms with E-state index in [4.69, 9.17) is 11.6 Å². The number of nitrogens with one attached hydrogen (secondary N) is 2. The largest absolute Gasteiger partial charge is 0.382 e. The molecule has 0 aliphatic carbocycles. The minimum atomic E-state index is -0.439. The normalized spacial score (nSPS) is 11.8. The number of anilines is 1. The first-order valence-corrected chi connectivity index (χ1v) is 6.21. The van der Waals surface area contributed by atoms with Crippen molar-refractivity contribution in [2.75, 3.05) is 11.9 Å². The predicted octanol–water partition coefficient (Wildman–Crippen LogP) is 3.58. The van der Waals surface area contributed by atoms with Gasteiger partial charge in [0.2, 0.25) is 0 Å². The molecule has 7 heteroatoms. The van der Waals surface area contributed by atoms with Crippen molar-refractivity contribution in [3.8, 4) is 0 Å². The molecule has 0 bridgehead atoms. The maximum absolute atomic E-state index is 10.9. The molecule has 0 spiro atoms. The predicted molar refractivity (Wildman–Crippen MR) is 75.7 cm³/mol. The molecule has 0 saturated carbocycles. The van der Waals surface area contributed by atoms with E-state index >= 15 is 0 Å². The van der Waals surface area contributed by atoms with E-state index in [1.165, 1.54) is 12.1 Å². The number of nitrogens with zero attached hydrogens (tertiary/aromatic N) is 2. The lowest BCUT2D eigenvalue weighted by atomic mass is 9.97. The third kappa shape index (κ3) is 2.96. The topological polar surface area (TPSA) is 83.9 Å². The molecule has 0 amide bonds. The number of aromatic amines is 1. The van der Waals surface area contributed by atoms with Crippen LogP contribution >= 0.6 is 11.6 Å². The van der Waals surface area contributed by atoms with Crippen LogP contribution in [0.5, 0.6) is 0 Å². The van der Waals surface area contributed by atoms with Gasteiger partial charge in [0.15, 0.2) is 0 Å². The maximum atomic E-state index is 10.9. The zero-order valence-electron chi connectivity index (χ0n) is 11.0. The van der Waals surface area contributed by atoms with Crippen LogP contribution in [0.25, 0.3) is 10.9 Å². The van der Waals surface area contributed by atoms with Gasteiger partial charge in [-0.25, -0.2) is 0 Å². The molecule has 1 heterocycles. The fourth-order valence-corrected chi connectivity index (χ4v) is 1.86. The highest BCUT2D eigenvalue weighted by atomic mass is 35.5. The molecular weight excluding hydrogens is 268 g/mol. The van der Waals surface area contributed by atoms with Crippen molar-refractivity contribution in [1.29, 1.82) is 0 Å². The second kappa shape index (κ2) is 4.70. The number of nitro benzene ring substituents is 1. The fourth-order valence-electron chi connectivity index (χ4n) is 1.67. The second-order valence-corrected chi connectivity index (χ2v) is 5.98. The van der Waals surface area contributed by atoms with Gasteiger partial charge in [-0.15, -0.1) is 0 Å². The number of benzene rings is 1. The van der Waals surface area contributed by atoms with Gasteiger partial charge in [-0.05, 0) is 5.41 Å². The first-order valence-electron chi connectivity index (χ1n) is 5.84. The minimum absolute atomic E-state index is 0.00721. The molecule has 19 heavy (non-hydrogen) atoms. The van der Waals surface area contributed by atoms with Crippen LogP contribution < -0.4 is 5.32 Å². The van der Waals surface area contributed by atoms with Gasteiger partial charge in [0.1, 0.15) is 10.7 Å². The number of halogens is 1. The van der Waals surface area contributed by atoms with Crippen molar-refractivity contribution in [2.24, 2.45) is 5.41 Å². The first kappa shape index (κ1) is 13.6. The number of fused-ring (bicyclic) bond motifs is 1. The van der Waals surface area contributed by atoms with Gasteiger partial charge in [-0.1, -0.05) is 32.4 Å². The SMILES string of the molecule is CC(C)(C)CNc1cc([N+](=O)[O-])cc2c(Cl)[nH]nc12. The Morgan fingerprint density at radius 3 is 2.74 bits per heavy atom. The number of hydrogen-bond acceptors (Lipinski definition) is 4. The van der Waals surface area contributed by atoms with E-state index in [1.54, 1.807) is 0 Å². The van der Waals surface area contributed by atoms with Gasteiger partial charge in [-0.3, -0.25) is 15.2 Å². The van der Waals surface area contributed by atoms with Crippen molar-refractivity contribution in [3.63, 3.8) is 0 Å². The van der Waals surface area contributed by atoms with E-state index in [-0.39, 0.29) is 11.1 Å². The summed E-state index contributed by atoms with van der Waals surface area (Å²) < 4.78 is 0. The van der Waals surface area contributed by atoms with Crippen LogP contribution in [0.3, 0.4) is 0 Å². The van der Waals surface area contributed by atoms with Crippen molar-refractivity contribution in [2.45, 2.75) is 20.8 Å². The summed E-state index contributed by atoms with van der Waals surface area (Å²) in [5, 5.41) is 21.7. The lowest BCUT2D eigenvalue weighted by molar-refractivity contribution is -0.384. The molecule has 0 unspecified atom stereocenters. The molecule has 102 valence electrons. The van der Waals surface area contributed by atoms with E-state index in [0.717, 1.165) is 0 Å². The third-order valence-electron chi connectivity index (χ3n) is 2.62. The summed E-state index contributed by atoms with van der Waals surface area (Å²) in [6.07, 6.45) is 0. The highest BCUT2D eigenvalue weighted by Gasteiger charge is 2.17. The van der Waals surface area contributed by atoms with Gasteiger partial charge in [0.25, 0.3) is 5.69 Å². The Bertz CT molecular complexity index is 630. The van der Waals surface area contributed by atoms with Gasteiger partial charge >= 0.3 is 0 Å². The number of aromatic nitrogens is 2. The summed E-state index contributed by atoms with van der Waals surface area (Å²) >= 11 is 5.94. The standard InChI is InChI=1S/C12H15ClN4O2/c1-12(2,3)6-14-9-5-7(17(18)19)4-8-10(9)15-16-11(8)13/h4-5,14H,6H2,1-3H3,(H,15,16). The molecule has 2 aromatic rings. The maximum Gasteiger partial charge on any atom is 0.272 e. The molecular formula is C12H15ClN4O2. The van der Waals surface area contributed by atoms with Gasteiger partial charge < -0.3 is 5.32 Å². The summed E-state index contributed by atoms with van der Waals surface area (Å²) in [7, 11) is 0. The molecule has 0 saturated heterocycles. The van der Waals surface area contributed by atoms with Gasteiger partial charge in [0.05, 0.1) is 10.6 Å². The number of non-ortho nitro benzene ring substituents is 1. The average Bonchev–Trinajstić information content (AvgIpc) is 2.67. The smallest absolute Gasteiger partial charge is 0.272 e. The van der Waals surface area contributed by atoms with Crippen molar-refractivity contribution in [1.82, 2.24) is 10.2 Å². The molecule has 0 atom stereocenters. The molecule has 0 aliphatic rings. The third-order valence-corrected chi connectivity index (χ3v) is 2.91. The van der Waals surface area contributed by atoms with Crippen LogP contribution in [0.1, 0.15) is 20.8 Å². The van der Waals surface area contributed by atoms with E-state index in [9.17, 15) is 10.1 Å². The summed E-state index contributed by atoms with van der Waals surface area (Å²) in [6, 6.07) is 2.90. The Morgan fingerprint density at radius 1 is 1.47 bits per heavy atom. The van der Waals surface area contributed by atoms with E-state index in [2.05, 4.69) is 36.3 Å². The van der Waals surface area contributed by atoms with Crippen molar-refractivity contribution in [3.05, 3.63) is 27.4 Å². The Labute approximate surface area is 115 Å². The Hall–Kier alpha value is -1.82. The Morgan fingerprint density at radius 2 is 2.16 bits per heavy atom. The molecule has 1 aromatic carbocycles. The van der Waals surface area contributed by atoms with Crippen molar-refractivity contribution >= 4 is 33.9 Å². The molecule has 0 radical (unpaired) electrons. The number of nitro groups is 1. The fraction of sp³-hybridized carbons (Fsp3) is 0.417. The zero-order chi connectivity index (χ0) is 14.2. The number of hydrogen-bond donors (Lipinski definition) is 2. The van der Waals surface area contributed by atoms with Crippen molar-refractivity contribution < 1.29 is 4.92 Å². The van der Waals surface area contributed by atoms with Crippen LogP contribution in [0, 0.1) is 15.5 Å². The molecule has 6 nitrogen and oxygen atoms in total. The molecule has 0 fully saturated rings. The summed E-state index contributed by atoms with van der Waals surface area (Å²) in [5.74, 6) is 0. The van der Waals surface area contributed by atoms with Gasteiger partial charge in [0, 0.05) is 24.1 Å². The molecule has 0 aliphatic heterocycles. The molecule has 1 aromatic heterocycles. The molecule has 2 N–H and O–H groups in total. The zero-order valence-corrected chi connectivity index (χ0v) is 11.7. The summed E-state index contributed by atoms with van der Waals surface area (Å²) in [6.45, 7) is 6.90. The minimum Gasteiger partial charge on any atom is -0.382 e. The van der Waals surface area contributed by atoms with Crippen LogP contribution in [-0.4, -0.2) is 21.7 Å². The number of H-pyrrole nitrogens is 1. The summed E-state index contributed by atoms with van der Waals surface area (Å²) in [4.78, 5) is 10.5. The summed E-state index contributed by atoms with van der Waals surface area (Å²) in [5.41, 5.74) is 1.27. The quantitative estimate of drug-likeness (QED) is 0.666. The lowest BCUT2D eigenvalue weighted by Crippen LogP contribution is -2.19. The van der Waals surface area contributed by atoms with Crippen LogP contribution in [0.2, 0.25) is 5.15 Å². The number of rotatable bonds is 3. The highest BCUT2D eigenvalue weighted by molar-refractivity contribution is 6.34. The van der Waals surface area contributed by atoms with Gasteiger partial charge in [-0.2, -0.15) is 5.10 Å². The lowest BCUT2D eigenvalue weighted by Gasteiger charge is -2.19. The first-order chi connectivity index (χ1) is 8.78. The van der Waals surface area contributed by atoms with E-state index in [1.807, 2.05) is 0 Å². The Balaban J connectivity index is 2.48. The van der Waals surface area contributed by atoms with E-state index in [0.29, 0.717) is 28.3 Å². The highest BCUT2D eigenvalue weighted by Crippen LogP contribution is 2.32. The monoisotopic (exact) mass is 282 g/mol. The van der Waals surface area contributed by atoms with Crippen LogP contribution in [0.4, 0.5) is 11.4 Å². The van der Waals surface area contributed by atoms with E-state index < -0.39 is 4.92 Å². The van der Waals surface area contributed by atoms with Crippen LogP contribution in [0.15, 0.2) is 12.1 Å².